The quantitative estimate of drug-likeness (QED) is 0.742. The molecule has 0 radical (unpaired) electrons. The number of nitrogens with zero attached hydrogens (tertiary/aromatic N) is 1. The van der Waals surface area contributed by atoms with E-state index in [4.69, 9.17) is 0 Å². The summed E-state index contributed by atoms with van der Waals surface area (Å²) < 4.78 is 0. The van der Waals surface area contributed by atoms with Gasteiger partial charge in [-0.05, 0) is 11.1 Å². The van der Waals surface area contributed by atoms with Crippen molar-refractivity contribution in [1.29, 1.82) is 0 Å². The third-order valence-electron chi connectivity index (χ3n) is 2.75. The Kier molecular flexibility index (Phi) is 3.25. The van der Waals surface area contributed by atoms with Gasteiger partial charge in [0.1, 0.15) is 0 Å². The Labute approximate surface area is 97.4 Å². The molecule has 0 N–H and O–H groups in total. The topological polar surface area (TPSA) is 3.24 Å². The molecule has 0 amide bonds. The van der Waals surface area contributed by atoms with Crippen LogP contribution in [-0.2, 0) is 6.42 Å². The lowest BCUT2D eigenvalue weighted by Gasteiger charge is -2.19. The molecule has 0 atom stereocenters. The van der Waals surface area contributed by atoms with Crippen molar-refractivity contribution >= 4 is 0 Å². The highest BCUT2D eigenvalue weighted by Crippen LogP contribution is 2.19. The van der Waals surface area contributed by atoms with E-state index in [-0.39, 0.29) is 0 Å². The average molecular weight is 211 g/mol. The van der Waals surface area contributed by atoms with Crippen LogP contribution in [0.15, 0.2) is 65.9 Å². The second kappa shape index (κ2) is 4.84. The molecule has 1 aliphatic rings. The van der Waals surface area contributed by atoms with Crippen LogP contribution < -0.4 is 0 Å². The Morgan fingerprint density at radius 1 is 1.00 bits per heavy atom. The van der Waals surface area contributed by atoms with Gasteiger partial charge in [-0.1, -0.05) is 54.6 Å². The lowest BCUT2D eigenvalue weighted by atomic mass is 10.1. The summed E-state index contributed by atoms with van der Waals surface area (Å²) in [6.07, 6.45) is 9.49. The van der Waals surface area contributed by atoms with Crippen LogP contribution in [0, 0.1) is 0 Å². The highest BCUT2D eigenvalue weighted by molar-refractivity contribution is 5.44. The number of hydrogen-bond acceptors (Lipinski definition) is 1. The van der Waals surface area contributed by atoms with E-state index in [9.17, 15) is 0 Å². The zero-order valence-electron chi connectivity index (χ0n) is 9.85. The molecule has 0 unspecified atom stereocenters. The van der Waals surface area contributed by atoms with Gasteiger partial charge in [-0.3, -0.25) is 0 Å². The maximum Gasteiger partial charge on any atom is 0.0245 e. The van der Waals surface area contributed by atoms with Gasteiger partial charge in [0.25, 0.3) is 0 Å². The molecule has 1 nitrogen and oxygen atoms in total. The van der Waals surface area contributed by atoms with Gasteiger partial charge in [0, 0.05) is 26.2 Å². The van der Waals surface area contributed by atoms with E-state index in [0.717, 1.165) is 6.42 Å². The summed E-state index contributed by atoms with van der Waals surface area (Å²) in [5.41, 5.74) is 4.03. The van der Waals surface area contributed by atoms with Crippen molar-refractivity contribution in [3.63, 3.8) is 0 Å². The summed E-state index contributed by atoms with van der Waals surface area (Å²) in [6.45, 7) is 0. The Hall–Kier alpha value is -1.76. The Morgan fingerprint density at radius 2 is 1.62 bits per heavy atom. The molecule has 1 aliphatic carbocycles. The summed E-state index contributed by atoms with van der Waals surface area (Å²) in [7, 11) is 4.20. The van der Waals surface area contributed by atoms with Crippen molar-refractivity contribution < 1.29 is 0 Å². The van der Waals surface area contributed by atoms with Gasteiger partial charge >= 0.3 is 0 Å². The fourth-order valence-electron chi connectivity index (χ4n) is 1.87. The number of allylic oxidation sites excluding steroid dienone is 6. The zero-order chi connectivity index (χ0) is 11.4. The minimum absolute atomic E-state index is 0.984. The summed E-state index contributed by atoms with van der Waals surface area (Å²) in [5.74, 6) is 0. The number of benzene rings is 1. The molecular weight excluding hydrogens is 194 g/mol. The Bertz CT molecular complexity index is 422. The number of rotatable bonds is 3. The standard InChI is InChI=1S/C15H17N/c1-16(2)15(14-10-6-7-11-14)12-13-8-4-3-5-9-13/h3-11H,12H2,1-2H3. The first-order chi connectivity index (χ1) is 7.77. The summed E-state index contributed by atoms with van der Waals surface area (Å²) in [4.78, 5) is 2.20. The van der Waals surface area contributed by atoms with Crippen molar-refractivity contribution in [1.82, 2.24) is 4.90 Å². The highest BCUT2D eigenvalue weighted by Gasteiger charge is 2.07. The van der Waals surface area contributed by atoms with Gasteiger partial charge in [-0.15, -0.1) is 0 Å². The van der Waals surface area contributed by atoms with Crippen LogP contribution in [0.2, 0.25) is 0 Å². The van der Waals surface area contributed by atoms with Gasteiger partial charge in [-0.25, -0.2) is 0 Å². The van der Waals surface area contributed by atoms with E-state index in [1.807, 2.05) is 0 Å². The van der Waals surface area contributed by atoms with Crippen molar-refractivity contribution in [3.8, 4) is 0 Å². The molecule has 0 bridgehead atoms. The molecular formula is C15H17N. The van der Waals surface area contributed by atoms with Gasteiger partial charge in [0.05, 0.1) is 0 Å². The minimum Gasteiger partial charge on any atom is -0.380 e. The number of hydrogen-bond donors (Lipinski definition) is 0. The van der Waals surface area contributed by atoms with Crippen LogP contribution in [0.25, 0.3) is 0 Å². The van der Waals surface area contributed by atoms with E-state index in [0.29, 0.717) is 0 Å². The molecule has 0 saturated heterocycles. The molecule has 82 valence electrons. The molecule has 0 fully saturated rings. The van der Waals surface area contributed by atoms with E-state index in [2.05, 4.69) is 73.6 Å². The summed E-state index contributed by atoms with van der Waals surface area (Å²) in [5, 5.41) is 0. The zero-order valence-corrected chi connectivity index (χ0v) is 9.85. The second-order valence-corrected chi connectivity index (χ2v) is 4.18. The van der Waals surface area contributed by atoms with Crippen molar-refractivity contribution in [2.45, 2.75) is 6.42 Å². The Balaban J connectivity index is 2.26. The largest absolute Gasteiger partial charge is 0.380 e. The molecule has 0 aromatic heterocycles. The smallest absolute Gasteiger partial charge is 0.0245 e. The molecule has 1 aromatic rings. The molecule has 1 aromatic carbocycles. The SMILES string of the molecule is CN(C)C(Cc1ccccc1)=C1C=CC=C1. The van der Waals surface area contributed by atoms with E-state index < -0.39 is 0 Å². The summed E-state index contributed by atoms with van der Waals surface area (Å²) >= 11 is 0. The molecule has 2 rings (SSSR count). The minimum atomic E-state index is 0.984. The van der Waals surface area contributed by atoms with Crippen molar-refractivity contribution in [2.24, 2.45) is 0 Å². The predicted molar refractivity (Wildman–Crippen MR) is 69.1 cm³/mol. The first-order valence-electron chi connectivity index (χ1n) is 5.56. The van der Waals surface area contributed by atoms with Gasteiger partial charge in [0.15, 0.2) is 0 Å². The molecule has 16 heavy (non-hydrogen) atoms. The monoisotopic (exact) mass is 211 g/mol. The first kappa shape index (κ1) is 10.7. The van der Waals surface area contributed by atoms with Crippen LogP contribution >= 0.6 is 0 Å². The molecule has 0 spiro atoms. The van der Waals surface area contributed by atoms with Gasteiger partial charge in [0.2, 0.25) is 0 Å². The molecule has 1 heteroatoms. The van der Waals surface area contributed by atoms with Crippen LogP contribution in [0.5, 0.6) is 0 Å². The van der Waals surface area contributed by atoms with E-state index >= 15 is 0 Å². The van der Waals surface area contributed by atoms with Crippen molar-refractivity contribution in [2.75, 3.05) is 14.1 Å². The van der Waals surface area contributed by atoms with Crippen LogP contribution in [0.1, 0.15) is 5.56 Å². The van der Waals surface area contributed by atoms with Crippen LogP contribution in [0.3, 0.4) is 0 Å². The first-order valence-corrected chi connectivity index (χ1v) is 5.56. The molecule has 0 aliphatic heterocycles. The van der Waals surface area contributed by atoms with Crippen LogP contribution in [-0.4, -0.2) is 19.0 Å². The molecule has 0 saturated carbocycles. The van der Waals surface area contributed by atoms with Gasteiger partial charge in [-0.2, -0.15) is 0 Å². The highest BCUT2D eigenvalue weighted by atomic mass is 15.1. The normalized spacial score (nSPS) is 13.2. The molecule has 0 heterocycles. The third kappa shape index (κ3) is 2.43. The fourth-order valence-corrected chi connectivity index (χ4v) is 1.87. The third-order valence-corrected chi connectivity index (χ3v) is 2.75. The van der Waals surface area contributed by atoms with Gasteiger partial charge < -0.3 is 4.90 Å². The second-order valence-electron chi connectivity index (χ2n) is 4.18. The lowest BCUT2D eigenvalue weighted by molar-refractivity contribution is 0.495. The number of likely N-dealkylation sites (N-methyl/N-ethyl adjacent to an activating group) is 1. The van der Waals surface area contributed by atoms with Crippen molar-refractivity contribution in [3.05, 3.63) is 71.5 Å². The Morgan fingerprint density at radius 3 is 2.19 bits per heavy atom. The average Bonchev–Trinajstić information content (AvgIpc) is 2.80. The maximum atomic E-state index is 2.20. The van der Waals surface area contributed by atoms with Crippen LogP contribution in [0.4, 0.5) is 0 Å². The maximum absolute atomic E-state index is 2.20. The fraction of sp³-hybridized carbons (Fsp3) is 0.200. The lowest BCUT2D eigenvalue weighted by Crippen LogP contribution is -2.14. The van der Waals surface area contributed by atoms with E-state index in [1.54, 1.807) is 0 Å². The predicted octanol–water partition coefficient (Wildman–Crippen LogP) is 3.17. The summed E-state index contributed by atoms with van der Waals surface area (Å²) in [6, 6.07) is 10.6. The van der Waals surface area contributed by atoms with E-state index in [1.165, 1.54) is 16.8 Å².